The molecule has 12 heteroatoms. The predicted molar refractivity (Wildman–Crippen MR) is 160 cm³/mol. The lowest BCUT2D eigenvalue weighted by Gasteiger charge is -2.39. The molecule has 0 unspecified atom stereocenters. The normalized spacial score (nSPS) is 16.0. The van der Waals surface area contributed by atoms with Crippen LogP contribution in [0.3, 0.4) is 0 Å². The van der Waals surface area contributed by atoms with Crippen LogP contribution in [0.1, 0.15) is 71.1 Å². The molecule has 3 N–H and O–H groups in total. The quantitative estimate of drug-likeness (QED) is 0.304. The number of rotatable bonds is 11. The monoisotopic (exact) mass is 591 g/mol. The Balaban J connectivity index is 1.13. The highest BCUT2D eigenvalue weighted by Crippen LogP contribution is 2.30. The van der Waals surface area contributed by atoms with Crippen LogP contribution >= 0.6 is 0 Å². The maximum Gasteiger partial charge on any atom is 0.270 e. The lowest BCUT2D eigenvalue weighted by atomic mass is 9.94. The van der Waals surface area contributed by atoms with Gasteiger partial charge in [-0.1, -0.05) is 19.9 Å². The third-order valence-electron chi connectivity index (χ3n) is 8.06. The highest BCUT2D eigenvalue weighted by Gasteiger charge is 2.29. The van der Waals surface area contributed by atoms with E-state index in [0.29, 0.717) is 44.4 Å². The van der Waals surface area contributed by atoms with Crippen molar-refractivity contribution in [3.05, 3.63) is 64.3 Å². The average molecular weight is 592 g/mol. The fourth-order valence-corrected chi connectivity index (χ4v) is 5.41. The van der Waals surface area contributed by atoms with Crippen LogP contribution < -0.4 is 15.4 Å². The first-order valence-electron chi connectivity index (χ1n) is 14.8. The number of hydrogen-bond donors (Lipinski definition) is 3. The van der Waals surface area contributed by atoms with Gasteiger partial charge < -0.3 is 29.8 Å². The first-order valence-corrected chi connectivity index (χ1v) is 14.8. The fraction of sp³-hybridized carbons (Fsp3) is 0.516. The van der Waals surface area contributed by atoms with E-state index in [9.17, 15) is 14.7 Å². The number of aliphatic hydroxyl groups is 1. The van der Waals surface area contributed by atoms with Crippen molar-refractivity contribution >= 4 is 17.6 Å². The number of likely N-dealkylation sites (tertiary alicyclic amines) is 1. The van der Waals surface area contributed by atoms with Gasteiger partial charge in [0.2, 0.25) is 5.91 Å². The molecule has 2 aliphatic heterocycles. The largest absolute Gasteiger partial charge is 0.485 e. The highest BCUT2D eigenvalue weighted by atomic mass is 16.5. The maximum atomic E-state index is 13.0. The summed E-state index contributed by atoms with van der Waals surface area (Å²) in [4.78, 5) is 41.6. The molecule has 5 rings (SSSR count). The molecule has 2 aliphatic rings. The van der Waals surface area contributed by atoms with E-state index in [2.05, 4.69) is 43.5 Å². The van der Waals surface area contributed by atoms with Crippen molar-refractivity contribution < 1.29 is 23.8 Å². The summed E-state index contributed by atoms with van der Waals surface area (Å²) >= 11 is 0. The summed E-state index contributed by atoms with van der Waals surface area (Å²) in [7, 11) is 0. The van der Waals surface area contributed by atoms with Crippen LogP contribution in [0.4, 0.5) is 5.82 Å². The van der Waals surface area contributed by atoms with Gasteiger partial charge in [-0.25, -0.2) is 15.0 Å². The van der Waals surface area contributed by atoms with Gasteiger partial charge in [0.15, 0.2) is 12.2 Å². The van der Waals surface area contributed by atoms with Gasteiger partial charge in [0, 0.05) is 58.2 Å². The Hall–Kier alpha value is -4.03. The number of oxazole rings is 1. The third kappa shape index (κ3) is 7.31. The molecule has 0 spiro atoms. The molecule has 12 nitrogen and oxygen atoms in total. The van der Waals surface area contributed by atoms with Gasteiger partial charge in [0.25, 0.3) is 5.91 Å². The Morgan fingerprint density at radius 1 is 1.21 bits per heavy atom. The van der Waals surface area contributed by atoms with E-state index in [1.807, 2.05) is 26.8 Å². The standard InChI is InChI=1S/C31H41N7O5/c1-18(2)30-35-26(10-29(36-30)34-23-13-38(14-23)21(5)39)31(41)32-11-24(40)15-37-9-8-25-19(3)27(7-6-22(25)12-37)42-16-28-20(4)33-17-43-28/h6-7,10,17-18,23-24,40H,8-9,11-16H2,1-5H3,(H,32,41)(H,34,35,36)/t24-/m0/s1. The molecule has 3 aromatic rings. The molecule has 4 heterocycles. The Bertz CT molecular complexity index is 1470. The van der Waals surface area contributed by atoms with Crippen LogP contribution in [0, 0.1) is 13.8 Å². The van der Waals surface area contributed by atoms with Gasteiger partial charge in [-0.15, -0.1) is 0 Å². The first-order chi connectivity index (χ1) is 20.6. The van der Waals surface area contributed by atoms with Gasteiger partial charge in [0.05, 0.1) is 17.8 Å². The second-order valence-corrected chi connectivity index (χ2v) is 11.7. The summed E-state index contributed by atoms with van der Waals surface area (Å²) in [5.41, 5.74) is 4.68. The number of anilines is 1. The minimum absolute atomic E-state index is 0.0276. The summed E-state index contributed by atoms with van der Waals surface area (Å²) in [5, 5.41) is 16.9. The van der Waals surface area contributed by atoms with Gasteiger partial charge in [0.1, 0.15) is 29.7 Å². The Morgan fingerprint density at radius 3 is 2.70 bits per heavy atom. The zero-order valence-corrected chi connectivity index (χ0v) is 25.5. The molecule has 1 fully saturated rings. The molecule has 1 atom stereocenters. The van der Waals surface area contributed by atoms with Gasteiger partial charge >= 0.3 is 0 Å². The third-order valence-corrected chi connectivity index (χ3v) is 8.06. The summed E-state index contributed by atoms with van der Waals surface area (Å²) in [5.74, 6) is 2.37. The molecule has 1 aromatic carbocycles. The molecule has 2 amide bonds. The number of ether oxygens (including phenoxy) is 1. The minimum Gasteiger partial charge on any atom is -0.485 e. The molecule has 2 aromatic heterocycles. The second kappa shape index (κ2) is 13.1. The summed E-state index contributed by atoms with van der Waals surface area (Å²) < 4.78 is 11.4. The number of aliphatic hydroxyl groups excluding tert-OH is 1. The van der Waals surface area contributed by atoms with Crippen molar-refractivity contribution in [2.45, 2.75) is 72.3 Å². The van der Waals surface area contributed by atoms with Crippen molar-refractivity contribution in [2.75, 3.05) is 38.0 Å². The number of nitrogens with one attached hydrogen (secondary N) is 2. The Kier molecular flexibility index (Phi) is 9.26. The topological polar surface area (TPSA) is 146 Å². The van der Waals surface area contributed by atoms with Gasteiger partial charge in [-0.3, -0.25) is 14.5 Å². The molecule has 0 radical (unpaired) electrons. The highest BCUT2D eigenvalue weighted by molar-refractivity contribution is 5.93. The predicted octanol–water partition coefficient (Wildman–Crippen LogP) is 2.58. The van der Waals surface area contributed by atoms with E-state index in [1.165, 1.54) is 17.5 Å². The molecule has 0 saturated carbocycles. The van der Waals surface area contributed by atoms with Crippen LogP contribution in [0.5, 0.6) is 5.75 Å². The number of nitrogens with zero attached hydrogens (tertiary/aromatic N) is 5. The second-order valence-electron chi connectivity index (χ2n) is 11.7. The van der Waals surface area contributed by atoms with Gasteiger partial charge in [-0.2, -0.15) is 0 Å². The van der Waals surface area contributed by atoms with Crippen LogP contribution in [0.2, 0.25) is 0 Å². The molecule has 0 aliphatic carbocycles. The maximum absolute atomic E-state index is 13.0. The lowest BCUT2D eigenvalue weighted by molar-refractivity contribution is -0.132. The summed E-state index contributed by atoms with van der Waals surface area (Å²) in [6.45, 7) is 13.0. The minimum atomic E-state index is -0.740. The molecule has 0 bridgehead atoms. The molecular formula is C31H41N7O5. The van der Waals surface area contributed by atoms with Crippen molar-refractivity contribution in [1.82, 2.24) is 30.1 Å². The lowest BCUT2D eigenvalue weighted by Crippen LogP contribution is -2.56. The van der Waals surface area contributed by atoms with Gasteiger partial charge in [-0.05, 0) is 43.0 Å². The number of amides is 2. The molecule has 1 saturated heterocycles. The van der Waals surface area contributed by atoms with Crippen LogP contribution in [-0.4, -0.2) is 86.5 Å². The van der Waals surface area contributed by atoms with E-state index in [4.69, 9.17) is 9.15 Å². The van der Waals surface area contributed by atoms with Crippen molar-refractivity contribution in [3.8, 4) is 5.75 Å². The van der Waals surface area contributed by atoms with E-state index in [1.54, 1.807) is 17.9 Å². The molecular weight excluding hydrogens is 550 g/mol. The average Bonchev–Trinajstić information content (AvgIpc) is 3.37. The number of aryl methyl sites for hydroxylation is 1. The van der Waals surface area contributed by atoms with E-state index in [0.717, 1.165) is 35.7 Å². The van der Waals surface area contributed by atoms with E-state index >= 15 is 0 Å². The number of aromatic nitrogens is 3. The van der Waals surface area contributed by atoms with Crippen LogP contribution in [-0.2, 0) is 24.4 Å². The number of benzene rings is 1. The zero-order valence-electron chi connectivity index (χ0n) is 25.5. The van der Waals surface area contributed by atoms with Crippen molar-refractivity contribution in [3.63, 3.8) is 0 Å². The van der Waals surface area contributed by atoms with Crippen molar-refractivity contribution in [2.24, 2.45) is 0 Å². The van der Waals surface area contributed by atoms with Crippen LogP contribution in [0.25, 0.3) is 0 Å². The number of carbonyl (C=O) groups excluding carboxylic acids is 2. The molecule has 43 heavy (non-hydrogen) atoms. The van der Waals surface area contributed by atoms with Crippen molar-refractivity contribution in [1.29, 1.82) is 0 Å². The first kappa shape index (κ1) is 30.4. The van der Waals surface area contributed by atoms with E-state index < -0.39 is 6.10 Å². The number of β-amino-alcohol motifs (C(OH)–C–C–N with tert-alkyl or cyclic N) is 1. The van der Waals surface area contributed by atoms with Crippen LogP contribution in [0.15, 0.2) is 29.0 Å². The number of fused-ring (bicyclic) bond motifs is 1. The number of carbonyl (C=O) groups is 2. The summed E-state index contributed by atoms with van der Waals surface area (Å²) in [6.07, 6.45) is 1.53. The SMILES string of the molecule is CC(=O)N1CC(Nc2cc(C(=O)NC[C@H](O)CN3CCc4c(ccc(OCc5ocnc5C)c4C)C3)nc(C(C)C)n2)C1. The Morgan fingerprint density at radius 2 is 2.00 bits per heavy atom. The zero-order chi connectivity index (χ0) is 30.7. The fourth-order valence-electron chi connectivity index (χ4n) is 5.41. The Labute approximate surface area is 251 Å². The van der Waals surface area contributed by atoms with E-state index in [-0.39, 0.29) is 36.0 Å². The smallest absolute Gasteiger partial charge is 0.270 e. The number of hydrogen-bond acceptors (Lipinski definition) is 10. The summed E-state index contributed by atoms with van der Waals surface area (Å²) in [6, 6.07) is 5.77. The molecule has 230 valence electrons.